The van der Waals surface area contributed by atoms with Gasteiger partial charge in [0.15, 0.2) is 0 Å². The fourth-order valence-electron chi connectivity index (χ4n) is 2.34. The normalized spacial score (nSPS) is 12.3. The molecule has 0 aromatic heterocycles. The van der Waals surface area contributed by atoms with Gasteiger partial charge in [-0.1, -0.05) is 18.2 Å². The number of anilines is 1. The van der Waals surface area contributed by atoms with Crippen molar-refractivity contribution in [1.29, 1.82) is 0 Å². The minimum absolute atomic E-state index is 0.245. The first-order valence-electron chi connectivity index (χ1n) is 6.90. The highest BCUT2D eigenvalue weighted by molar-refractivity contribution is 5.57. The van der Waals surface area contributed by atoms with E-state index in [1.165, 1.54) is 12.1 Å². The molecule has 0 unspecified atom stereocenters. The molecule has 0 aliphatic carbocycles. The lowest BCUT2D eigenvalue weighted by molar-refractivity contribution is 0.605. The fraction of sp³-hybridized carbons (Fsp3) is 0.294. The Labute approximate surface area is 124 Å². The molecule has 21 heavy (non-hydrogen) atoms. The van der Waals surface area contributed by atoms with Crippen LogP contribution in [-0.2, 0) is 6.54 Å². The Bertz CT molecular complexity index is 639. The summed E-state index contributed by atoms with van der Waals surface area (Å²) in [4.78, 5) is 1.89. The number of rotatable bonds is 4. The van der Waals surface area contributed by atoms with Crippen LogP contribution in [0.1, 0.15) is 29.7 Å². The molecule has 2 aromatic carbocycles. The molecule has 0 aliphatic heterocycles. The Hall–Kier alpha value is -1.94. The van der Waals surface area contributed by atoms with E-state index in [2.05, 4.69) is 0 Å². The van der Waals surface area contributed by atoms with Gasteiger partial charge in [0.2, 0.25) is 0 Å². The maximum atomic E-state index is 13.8. The lowest BCUT2D eigenvalue weighted by Gasteiger charge is -2.25. The third-order valence-corrected chi connectivity index (χ3v) is 3.58. The van der Waals surface area contributed by atoms with Crippen LogP contribution in [0.4, 0.5) is 14.5 Å². The second kappa shape index (κ2) is 6.22. The zero-order chi connectivity index (χ0) is 15.6. The molecule has 2 aromatic rings. The fourth-order valence-corrected chi connectivity index (χ4v) is 2.34. The largest absolute Gasteiger partial charge is 0.370 e. The van der Waals surface area contributed by atoms with Crippen LogP contribution < -0.4 is 10.6 Å². The molecule has 0 heterocycles. The maximum Gasteiger partial charge on any atom is 0.128 e. The first kappa shape index (κ1) is 15.4. The number of aryl methyl sites for hydroxylation is 1. The molecular weight excluding hydrogens is 270 g/mol. The van der Waals surface area contributed by atoms with E-state index in [-0.39, 0.29) is 17.7 Å². The van der Waals surface area contributed by atoms with Gasteiger partial charge in [0.05, 0.1) is 0 Å². The molecule has 0 fully saturated rings. The van der Waals surface area contributed by atoms with Crippen molar-refractivity contribution in [2.24, 2.45) is 5.73 Å². The number of hydrogen-bond acceptors (Lipinski definition) is 2. The van der Waals surface area contributed by atoms with E-state index in [0.717, 1.165) is 11.3 Å². The summed E-state index contributed by atoms with van der Waals surface area (Å²) >= 11 is 0. The third-order valence-electron chi connectivity index (χ3n) is 3.58. The van der Waals surface area contributed by atoms with Crippen molar-refractivity contribution in [3.63, 3.8) is 0 Å². The second-order valence-corrected chi connectivity index (χ2v) is 5.40. The first-order valence-corrected chi connectivity index (χ1v) is 6.90. The molecule has 0 spiro atoms. The van der Waals surface area contributed by atoms with Gasteiger partial charge < -0.3 is 10.6 Å². The van der Waals surface area contributed by atoms with Crippen molar-refractivity contribution in [3.8, 4) is 0 Å². The quantitative estimate of drug-likeness (QED) is 0.924. The molecule has 1 atom stereocenters. The Morgan fingerprint density at radius 1 is 1.14 bits per heavy atom. The Kier molecular flexibility index (Phi) is 4.58. The summed E-state index contributed by atoms with van der Waals surface area (Å²) in [6.07, 6.45) is 0. The van der Waals surface area contributed by atoms with Crippen molar-refractivity contribution >= 4 is 5.69 Å². The molecule has 0 aliphatic rings. The van der Waals surface area contributed by atoms with Crippen molar-refractivity contribution in [1.82, 2.24) is 0 Å². The lowest BCUT2D eigenvalue weighted by Crippen LogP contribution is -2.21. The molecule has 0 radical (unpaired) electrons. The van der Waals surface area contributed by atoms with Crippen molar-refractivity contribution in [2.75, 3.05) is 11.9 Å². The molecule has 2 nitrogen and oxygen atoms in total. The third kappa shape index (κ3) is 3.39. The van der Waals surface area contributed by atoms with E-state index in [1.807, 2.05) is 18.9 Å². The summed E-state index contributed by atoms with van der Waals surface area (Å²) < 4.78 is 27.5. The van der Waals surface area contributed by atoms with Crippen LogP contribution in [0.25, 0.3) is 0 Å². The van der Waals surface area contributed by atoms with E-state index < -0.39 is 0 Å². The summed E-state index contributed by atoms with van der Waals surface area (Å²) in [5.74, 6) is -0.518. The van der Waals surface area contributed by atoms with Crippen LogP contribution in [0.15, 0.2) is 36.4 Å². The molecular formula is C17H20F2N2. The number of hydrogen-bond donors (Lipinski definition) is 1. The Morgan fingerprint density at radius 3 is 2.43 bits per heavy atom. The monoisotopic (exact) mass is 290 g/mol. The van der Waals surface area contributed by atoms with Crippen LogP contribution in [0.5, 0.6) is 0 Å². The Balaban J connectivity index is 2.37. The second-order valence-electron chi connectivity index (χ2n) is 5.40. The number of benzene rings is 2. The van der Waals surface area contributed by atoms with E-state index in [4.69, 9.17) is 5.73 Å². The maximum absolute atomic E-state index is 13.8. The predicted octanol–water partition coefficient (Wildman–Crippen LogP) is 3.93. The molecule has 112 valence electrons. The molecule has 0 bridgehead atoms. The molecule has 2 N–H and O–H groups in total. The Morgan fingerprint density at radius 2 is 1.81 bits per heavy atom. The average Bonchev–Trinajstić information content (AvgIpc) is 2.43. The minimum atomic E-state index is -0.293. The molecule has 0 amide bonds. The van der Waals surface area contributed by atoms with Gasteiger partial charge in [-0.05, 0) is 43.2 Å². The van der Waals surface area contributed by atoms with Gasteiger partial charge in [0, 0.05) is 30.9 Å². The van der Waals surface area contributed by atoms with Crippen LogP contribution in [-0.4, -0.2) is 7.05 Å². The van der Waals surface area contributed by atoms with Gasteiger partial charge in [0.25, 0.3) is 0 Å². The summed E-state index contributed by atoms with van der Waals surface area (Å²) in [6.45, 7) is 3.92. The standard InChI is InChI=1S/C17H20F2N2/c1-11-8-17(14(12(2)20)9-16(11)19)21(3)10-13-6-4-5-7-15(13)18/h4-9,12H,10,20H2,1-3H3/t12-/m1/s1. The van der Waals surface area contributed by atoms with Gasteiger partial charge in [-0.3, -0.25) is 0 Å². The minimum Gasteiger partial charge on any atom is -0.370 e. The zero-order valence-electron chi connectivity index (χ0n) is 12.5. The van der Waals surface area contributed by atoms with Crippen LogP contribution in [0, 0.1) is 18.6 Å². The number of halogens is 2. The van der Waals surface area contributed by atoms with E-state index in [0.29, 0.717) is 17.7 Å². The summed E-state index contributed by atoms with van der Waals surface area (Å²) in [5, 5.41) is 0. The molecule has 4 heteroatoms. The zero-order valence-corrected chi connectivity index (χ0v) is 12.5. The van der Waals surface area contributed by atoms with Gasteiger partial charge >= 0.3 is 0 Å². The van der Waals surface area contributed by atoms with Crippen LogP contribution >= 0.6 is 0 Å². The van der Waals surface area contributed by atoms with Crippen molar-refractivity contribution in [3.05, 3.63) is 64.7 Å². The van der Waals surface area contributed by atoms with Crippen LogP contribution in [0.2, 0.25) is 0 Å². The highest BCUT2D eigenvalue weighted by atomic mass is 19.1. The summed E-state index contributed by atoms with van der Waals surface area (Å²) in [7, 11) is 1.85. The lowest BCUT2D eigenvalue weighted by atomic mass is 10.0. The van der Waals surface area contributed by atoms with Gasteiger partial charge in [-0.15, -0.1) is 0 Å². The topological polar surface area (TPSA) is 29.3 Å². The van der Waals surface area contributed by atoms with E-state index in [9.17, 15) is 8.78 Å². The molecule has 0 saturated heterocycles. The van der Waals surface area contributed by atoms with E-state index in [1.54, 1.807) is 31.2 Å². The summed E-state index contributed by atoms with van der Waals surface area (Å²) in [6, 6.07) is 9.57. The SMILES string of the molecule is Cc1cc(N(C)Cc2ccccc2F)c([C@@H](C)N)cc1F. The van der Waals surface area contributed by atoms with Crippen LogP contribution in [0.3, 0.4) is 0 Å². The van der Waals surface area contributed by atoms with Crippen molar-refractivity contribution in [2.45, 2.75) is 26.4 Å². The number of nitrogens with zero attached hydrogens (tertiary/aromatic N) is 1. The van der Waals surface area contributed by atoms with Gasteiger partial charge in [-0.2, -0.15) is 0 Å². The van der Waals surface area contributed by atoms with Gasteiger partial charge in [-0.25, -0.2) is 8.78 Å². The van der Waals surface area contributed by atoms with Crippen molar-refractivity contribution < 1.29 is 8.78 Å². The molecule has 0 saturated carbocycles. The first-order chi connectivity index (χ1) is 9.90. The summed E-state index contributed by atoms with van der Waals surface area (Å²) in [5.41, 5.74) is 8.62. The predicted molar refractivity (Wildman–Crippen MR) is 82.2 cm³/mol. The molecule has 2 rings (SSSR count). The van der Waals surface area contributed by atoms with E-state index >= 15 is 0 Å². The smallest absolute Gasteiger partial charge is 0.128 e. The highest BCUT2D eigenvalue weighted by Crippen LogP contribution is 2.29. The van der Waals surface area contributed by atoms with Gasteiger partial charge in [0.1, 0.15) is 11.6 Å². The number of nitrogens with two attached hydrogens (primary N) is 1. The average molecular weight is 290 g/mol. The highest BCUT2D eigenvalue weighted by Gasteiger charge is 2.15.